The van der Waals surface area contributed by atoms with Gasteiger partial charge in [-0.2, -0.15) is 0 Å². The Labute approximate surface area is 126 Å². The molecule has 2 atom stereocenters. The fourth-order valence-corrected chi connectivity index (χ4v) is 4.01. The van der Waals surface area contributed by atoms with E-state index in [1.54, 1.807) is 16.7 Å². The number of hydrogen-bond acceptors (Lipinski definition) is 4. The van der Waals surface area contributed by atoms with Crippen LogP contribution in [0.3, 0.4) is 0 Å². The summed E-state index contributed by atoms with van der Waals surface area (Å²) >= 11 is 6.85. The summed E-state index contributed by atoms with van der Waals surface area (Å²) in [7, 11) is 0. The number of carbonyl (C=O) groups is 1. The molecule has 0 aliphatic carbocycles. The third-order valence-electron chi connectivity index (χ3n) is 3.30. The van der Waals surface area contributed by atoms with Gasteiger partial charge in [0.05, 0.1) is 18.6 Å². The SMILES string of the molecule is CC(C)C[C@@H](O)CC(=O)N1C(=S)SC[C@@H]1C(C)(C)C. The molecule has 1 amide bonds. The number of nitrogens with zero attached hydrogens (tertiary/aromatic N) is 1. The van der Waals surface area contributed by atoms with Gasteiger partial charge in [-0.3, -0.25) is 9.69 Å². The van der Waals surface area contributed by atoms with Gasteiger partial charge in [-0.15, -0.1) is 0 Å². The van der Waals surface area contributed by atoms with Crippen molar-refractivity contribution in [2.45, 2.75) is 59.6 Å². The van der Waals surface area contributed by atoms with E-state index in [1.165, 1.54) is 0 Å². The van der Waals surface area contributed by atoms with Gasteiger partial charge in [0.25, 0.3) is 0 Å². The first kappa shape index (κ1) is 16.9. The van der Waals surface area contributed by atoms with Crippen molar-refractivity contribution in [3.05, 3.63) is 0 Å². The fourth-order valence-electron chi connectivity index (χ4n) is 2.26. The van der Waals surface area contributed by atoms with Crippen LogP contribution in [0.5, 0.6) is 0 Å². The number of hydrogen-bond donors (Lipinski definition) is 1. The molecule has 0 saturated carbocycles. The van der Waals surface area contributed by atoms with Crippen LogP contribution in [0.25, 0.3) is 0 Å². The summed E-state index contributed by atoms with van der Waals surface area (Å²) in [6.07, 6.45) is 0.256. The van der Waals surface area contributed by atoms with Crippen molar-refractivity contribution >= 4 is 34.2 Å². The van der Waals surface area contributed by atoms with E-state index in [0.29, 0.717) is 16.7 Å². The molecular formula is C14H25NO2S2. The van der Waals surface area contributed by atoms with E-state index in [0.717, 1.165) is 5.75 Å². The first-order chi connectivity index (χ1) is 8.62. The highest BCUT2D eigenvalue weighted by Gasteiger charge is 2.40. The summed E-state index contributed by atoms with van der Waals surface area (Å²) in [4.78, 5) is 14.1. The van der Waals surface area contributed by atoms with Crippen LogP contribution in [-0.2, 0) is 4.79 Å². The van der Waals surface area contributed by atoms with Gasteiger partial charge in [-0.1, -0.05) is 58.6 Å². The Hall–Kier alpha value is -0.130. The predicted molar refractivity (Wildman–Crippen MR) is 85.2 cm³/mol. The summed E-state index contributed by atoms with van der Waals surface area (Å²) in [5.74, 6) is 1.21. The molecule has 0 radical (unpaired) electrons. The third kappa shape index (κ3) is 4.72. The van der Waals surface area contributed by atoms with Crippen LogP contribution in [-0.4, -0.2) is 38.1 Å². The molecule has 1 fully saturated rings. The van der Waals surface area contributed by atoms with Crippen LogP contribution >= 0.6 is 24.0 Å². The Kier molecular flexibility index (Phi) is 5.83. The fraction of sp³-hybridized carbons (Fsp3) is 0.857. The molecule has 0 aromatic carbocycles. The van der Waals surface area contributed by atoms with Crippen LogP contribution in [0, 0.1) is 11.3 Å². The Morgan fingerprint density at radius 1 is 1.53 bits per heavy atom. The minimum Gasteiger partial charge on any atom is -0.393 e. The van der Waals surface area contributed by atoms with Crippen molar-refractivity contribution in [3.63, 3.8) is 0 Å². The van der Waals surface area contributed by atoms with Gasteiger partial charge in [-0.05, 0) is 17.8 Å². The second-order valence-electron chi connectivity index (χ2n) is 6.71. The number of rotatable bonds is 4. The lowest BCUT2D eigenvalue weighted by molar-refractivity contribution is -0.131. The number of amides is 1. The second kappa shape index (κ2) is 6.55. The highest BCUT2D eigenvalue weighted by molar-refractivity contribution is 8.23. The minimum absolute atomic E-state index is 0.00617. The zero-order chi connectivity index (χ0) is 14.8. The molecule has 1 heterocycles. The van der Waals surface area contributed by atoms with Crippen molar-refractivity contribution < 1.29 is 9.90 Å². The van der Waals surface area contributed by atoms with Crippen LogP contribution in [0.2, 0.25) is 0 Å². The van der Waals surface area contributed by atoms with Crippen molar-refractivity contribution in [2.24, 2.45) is 11.3 Å². The molecule has 0 aromatic rings. The molecule has 1 rings (SSSR count). The smallest absolute Gasteiger partial charge is 0.230 e. The van der Waals surface area contributed by atoms with Gasteiger partial charge < -0.3 is 5.11 Å². The largest absolute Gasteiger partial charge is 0.393 e. The quantitative estimate of drug-likeness (QED) is 0.810. The highest BCUT2D eigenvalue weighted by atomic mass is 32.2. The van der Waals surface area contributed by atoms with Crippen molar-refractivity contribution in [1.29, 1.82) is 0 Å². The lowest BCUT2D eigenvalue weighted by Crippen LogP contribution is -2.46. The molecule has 0 unspecified atom stereocenters. The average molecular weight is 303 g/mol. The molecule has 1 aliphatic rings. The Bertz CT molecular complexity index is 350. The van der Waals surface area contributed by atoms with E-state index in [4.69, 9.17) is 12.2 Å². The molecule has 0 spiro atoms. The molecule has 1 N–H and O–H groups in total. The molecule has 5 heteroatoms. The van der Waals surface area contributed by atoms with E-state index >= 15 is 0 Å². The van der Waals surface area contributed by atoms with E-state index < -0.39 is 6.10 Å². The Morgan fingerprint density at radius 3 is 2.58 bits per heavy atom. The zero-order valence-corrected chi connectivity index (χ0v) is 14.1. The maximum Gasteiger partial charge on any atom is 0.230 e. The second-order valence-corrected chi connectivity index (χ2v) is 8.36. The standard InChI is InChI=1S/C14H25NO2S2/c1-9(2)6-10(16)7-12(17)15-11(14(3,4)5)8-19-13(15)18/h9-11,16H,6-8H2,1-5H3/t10-,11-/m1/s1. The number of thiocarbonyl (C=S) groups is 1. The molecule has 19 heavy (non-hydrogen) atoms. The summed E-state index contributed by atoms with van der Waals surface area (Å²) in [5.41, 5.74) is 0.00617. The molecular weight excluding hydrogens is 278 g/mol. The van der Waals surface area contributed by atoms with Gasteiger partial charge in [0.1, 0.15) is 4.32 Å². The van der Waals surface area contributed by atoms with Crippen molar-refractivity contribution in [3.8, 4) is 0 Å². The highest BCUT2D eigenvalue weighted by Crippen LogP contribution is 2.36. The summed E-state index contributed by atoms with van der Waals surface area (Å²) in [5, 5.41) is 9.93. The third-order valence-corrected chi connectivity index (χ3v) is 4.77. The van der Waals surface area contributed by atoms with Crippen LogP contribution in [0.4, 0.5) is 0 Å². The molecule has 110 valence electrons. The van der Waals surface area contributed by atoms with E-state index in [-0.39, 0.29) is 23.8 Å². The topological polar surface area (TPSA) is 40.5 Å². The van der Waals surface area contributed by atoms with E-state index in [9.17, 15) is 9.90 Å². The predicted octanol–water partition coefficient (Wildman–Crippen LogP) is 3.06. The Balaban J connectivity index is 2.71. The lowest BCUT2D eigenvalue weighted by Gasteiger charge is -2.34. The molecule has 1 saturated heterocycles. The van der Waals surface area contributed by atoms with Crippen LogP contribution in [0.15, 0.2) is 0 Å². The summed E-state index contributed by atoms with van der Waals surface area (Å²) < 4.78 is 0.654. The molecule has 0 aromatic heterocycles. The number of aliphatic hydroxyl groups is 1. The van der Waals surface area contributed by atoms with Gasteiger partial charge >= 0.3 is 0 Å². The van der Waals surface area contributed by atoms with Gasteiger partial charge in [0, 0.05) is 5.75 Å². The lowest BCUT2D eigenvalue weighted by atomic mass is 9.87. The monoisotopic (exact) mass is 303 g/mol. The normalized spacial score (nSPS) is 22.2. The molecule has 0 bridgehead atoms. The van der Waals surface area contributed by atoms with Crippen molar-refractivity contribution in [1.82, 2.24) is 4.90 Å². The van der Waals surface area contributed by atoms with E-state index in [2.05, 4.69) is 20.8 Å². The zero-order valence-electron chi connectivity index (χ0n) is 12.5. The summed E-state index contributed by atoms with van der Waals surface area (Å²) in [6.45, 7) is 10.5. The molecule has 3 nitrogen and oxygen atoms in total. The van der Waals surface area contributed by atoms with Crippen molar-refractivity contribution in [2.75, 3.05) is 5.75 Å². The van der Waals surface area contributed by atoms with Gasteiger partial charge in [-0.25, -0.2) is 0 Å². The molecule has 1 aliphatic heterocycles. The van der Waals surface area contributed by atoms with E-state index in [1.807, 2.05) is 13.8 Å². The Morgan fingerprint density at radius 2 is 2.11 bits per heavy atom. The number of thioether (sulfide) groups is 1. The first-order valence-electron chi connectivity index (χ1n) is 6.79. The minimum atomic E-state index is -0.568. The van der Waals surface area contributed by atoms with Gasteiger partial charge in [0.15, 0.2) is 0 Å². The van der Waals surface area contributed by atoms with Crippen LogP contribution in [0.1, 0.15) is 47.5 Å². The number of aliphatic hydroxyl groups excluding tert-OH is 1. The van der Waals surface area contributed by atoms with Crippen LogP contribution < -0.4 is 0 Å². The number of carbonyl (C=O) groups excluding carboxylic acids is 1. The first-order valence-corrected chi connectivity index (χ1v) is 8.19. The maximum atomic E-state index is 12.4. The average Bonchev–Trinajstić information content (AvgIpc) is 2.57. The van der Waals surface area contributed by atoms with Gasteiger partial charge in [0.2, 0.25) is 5.91 Å². The summed E-state index contributed by atoms with van der Waals surface area (Å²) in [6, 6.07) is 0.128. The maximum absolute atomic E-state index is 12.4.